The monoisotopic (exact) mass is 123 g/mol. The molecular weight excluding hydrogens is 110 g/mol. The molecule has 0 aromatic heterocycles. The quantitative estimate of drug-likeness (QED) is 0.416. The Balaban J connectivity index is 2.97. The Morgan fingerprint density at radius 2 is 2.22 bits per heavy atom. The van der Waals surface area contributed by atoms with Gasteiger partial charge in [-0.05, 0) is 6.42 Å². The molecule has 0 aliphatic heterocycles. The first kappa shape index (κ1) is 8.23. The molecular formula is C8H13N. The highest BCUT2D eigenvalue weighted by Crippen LogP contribution is 1.94. The largest absolute Gasteiger partial charge is 0.198 e. The van der Waals surface area contributed by atoms with Crippen LogP contribution >= 0.6 is 0 Å². The summed E-state index contributed by atoms with van der Waals surface area (Å²) in [5.41, 5.74) is 0. The Kier molecular flexibility index (Phi) is 6.61. The van der Waals surface area contributed by atoms with Crippen molar-refractivity contribution < 1.29 is 0 Å². The summed E-state index contributed by atoms with van der Waals surface area (Å²) in [4.78, 5) is 0. The van der Waals surface area contributed by atoms with Gasteiger partial charge in [-0.2, -0.15) is 5.26 Å². The van der Waals surface area contributed by atoms with Crippen molar-refractivity contribution in [3.8, 4) is 6.07 Å². The number of nitriles is 1. The highest BCUT2D eigenvalue weighted by Gasteiger charge is 1.76. The fourth-order valence-electron chi connectivity index (χ4n) is 0.576. The van der Waals surface area contributed by atoms with Gasteiger partial charge >= 0.3 is 0 Å². The summed E-state index contributed by atoms with van der Waals surface area (Å²) < 4.78 is 0. The smallest absolute Gasteiger partial charge is 0.0663 e. The molecule has 1 heteroatoms. The minimum absolute atomic E-state index is 0.559. The number of hydrogen-bond acceptors (Lipinski definition) is 1. The SMILES string of the molecule is CCCC/C=C/CC#N. The van der Waals surface area contributed by atoms with Crippen molar-refractivity contribution in [1.82, 2.24) is 0 Å². The maximum atomic E-state index is 8.12. The van der Waals surface area contributed by atoms with Crippen molar-refractivity contribution in [2.45, 2.75) is 32.6 Å². The third kappa shape index (κ3) is 7.23. The minimum Gasteiger partial charge on any atom is -0.198 e. The van der Waals surface area contributed by atoms with E-state index in [1.165, 1.54) is 12.8 Å². The van der Waals surface area contributed by atoms with Crippen molar-refractivity contribution in [2.24, 2.45) is 0 Å². The number of allylic oxidation sites excluding steroid dienone is 2. The molecule has 0 aromatic rings. The molecule has 0 radical (unpaired) electrons. The average Bonchev–Trinajstić information content (AvgIpc) is 1.89. The zero-order valence-electron chi connectivity index (χ0n) is 5.93. The predicted octanol–water partition coefficient (Wildman–Crippen LogP) is 2.65. The highest BCUT2D eigenvalue weighted by molar-refractivity contribution is 4.90. The van der Waals surface area contributed by atoms with Gasteiger partial charge in [0.2, 0.25) is 0 Å². The van der Waals surface area contributed by atoms with Crippen LogP contribution < -0.4 is 0 Å². The average molecular weight is 123 g/mol. The molecule has 0 amide bonds. The van der Waals surface area contributed by atoms with Crippen LogP contribution in [0.1, 0.15) is 32.6 Å². The molecule has 9 heavy (non-hydrogen) atoms. The molecule has 0 saturated heterocycles. The maximum Gasteiger partial charge on any atom is 0.0663 e. The molecule has 0 atom stereocenters. The molecule has 0 N–H and O–H groups in total. The number of hydrogen-bond donors (Lipinski definition) is 0. The summed E-state index contributed by atoms with van der Waals surface area (Å²) in [6.07, 6.45) is 8.16. The van der Waals surface area contributed by atoms with Gasteiger partial charge in [-0.1, -0.05) is 31.9 Å². The summed E-state index contributed by atoms with van der Waals surface area (Å²) in [5, 5.41) is 8.12. The van der Waals surface area contributed by atoms with E-state index in [4.69, 9.17) is 5.26 Å². The summed E-state index contributed by atoms with van der Waals surface area (Å²) in [7, 11) is 0. The van der Waals surface area contributed by atoms with Crippen LogP contribution in [-0.4, -0.2) is 0 Å². The molecule has 0 aliphatic carbocycles. The maximum absolute atomic E-state index is 8.12. The van der Waals surface area contributed by atoms with Gasteiger partial charge in [0.05, 0.1) is 12.5 Å². The van der Waals surface area contributed by atoms with Crippen molar-refractivity contribution in [2.75, 3.05) is 0 Å². The van der Waals surface area contributed by atoms with Gasteiger partial charge in [0.25, 0.3) is 0 Å². The molecule has 0 spiro atoms. The molecule has 0 fully saturated rings. The molecule has 1 nitrogen and oxygen atoms in total. The number of rotatable bonds is 4. The van der Waals surface area contributed by atoms with E-state index in [1.54, 1.807) is 0 Å². The summed E-state index contributed by atoms with van der Waals surface area (Å²) in [5.74, 6) is 0. The van der Waals surface area contributed by atoms with Gasteiger partial charge in [-0.3, -0.25) is 0 Å². The molecule has 0 heterocycles. The second kappa shape index (κ2) is 7.23. The molecule has 50 valence electrons. The Labute approximate surface area is 57.0 Å². The third-order valence-corrected chi connectivity index (χ3v) is 1.10. The first-order valence-electron chi connectivity index (χ1n) is 3.43. The summed E-state index contributed by atoms with van der Waals surface area (Å²) in [6, 6.07) is 2.06. The van der Waals surface area contributed by atoms with Crippen LogP contribution in [0.4, 0.5) is 0 Å². The fourth-order valence-corrected chi connectivity index (χ4v) is 0.576. The normalized spacial score (nSPS) is 9.78. The van der Waals surface area contributed by atoms with Crippen molar-refractivity contribution >= 4 is 0 Å². The van der Waals surface area contributed by atoms with Crippen LogP contribution in [0.5, 0.6) is 0 Å². The zero-order valence-corrected chi connectivity index (χ0v) is 5.93. The van der Waals surface area contributed by atoms with Gasteiger partial charge in [-0.15, -0.1) is 0 Å². The lowest BCUT2D eigenvalue weighted by Crippen LogP contribution is -1.65. The van der Waals surface area contributed by atoms with Gasteiger partial charge in [0.15, 0.2) is 0 Å². The Morgan fingerprint density at radius 1 is 1.44 bits per heavy atom. The molecule has 0 bridgehead atoms. The van der Waals surface area contributed by atoms with Crippen LogP contribution in [0, 0.1) is 11.3 Å². The van der Waals surface area contributed by atoms with Gasteiger partial charge in [-0.25, -0.2) is 0 Å². The Morgan fingerprint density at radius 3 is 2.78 bits per heavy atom. The van der Waals surface area contributed by atoms with Crippen LogP contribution in [0.25, 0.3) is 0 Å². The van der Waals surface area contributed by atoms with E-state index in [-0.39, 0.29) is 0 Å². The lowest BCUT2D eigenvalue weighted by atomic mass is 10.2. The topological polar surface area (TPSA) is 23.8 Å². The van der Waals surface area contributed by atoms with E-state index in [0.29, 0.717) is 6.42 Å². The van der Waals surface area contributed by atoms with Crippen LogP contribution in [0.15, 0.2) is 12.2 Å². The summed E-state index contributed by atoms with van der Waals surface area (Å²) >= 11 is 0. The molecule has 0 aliphatic rings. The van der Waals surface area contributed by atoms with E-state index in [2.05, 4.69) is 19.1 Å². The van der Waals surface area contributed by atoms with E-state index >= 15 is 0 Å². The van der Waals surface area contributed by atoms with Crippen LogP contribution in [0.2, 0.25) is 0 Å². The second-order valence-corrected chi connectivity index (χ2v) is 1.98. The lowest BCUT2D eigenvalue weighted by Gasteiger charge is -1.84. The van der Waals surface area contributed by atoms with E-state index in [1.807, 2.05) is 6.08 Å². The van der Waals surface area contributed by atoms with Gasteiger partial charge in [0, 0.05) is 0 Å². The summed E-state index contributed by atoms with van der Waals surface area (Å²) in [6.45, 7) is 2.16. The minimum atomic E-state index is 0.559. The van der Waals surface area contributed by atoms with Crippen molar-refractivity contribution in [3.05, 3.63) is 12.2 Å². The lowest BCUT2D eigenvalue weighted by molar-refractivity contribution is 0.813. The van der Waals surface area contributed by atoms with E-state index in [9.17, 15) is 0 Å². The molecule has 0 aromatic carbocycles. The van der Waals surface area contributed by atoms with Gasteiger partial charge in [0.1, 0.15) is 0 Å². The highest BCUT2D eigenvalue weighted by atomic mass is 14.2. The zero-order chi connectivity index (χ0) is 6.95. The van der Waals surface area contributed by atoms with Crippen LogP contribution in [-0.2, 0) is 0 Å². The molecule has 0 saturated carbocycles. The number of unbranched alkanes of at least 4 members (excludes halogenated alkanes) is 2. The molecule has 0 unspecified atom stereocenters. The Bertz CT molecular complexity index is 108. The first-order chi connectivity index (χ1) is 4.41. The van der Waals surface area contributed by atoms with Crippen molar-refractivity contribution in [3.63, 3.8) is 0 Å². The first-order valence-corrected chi connectivity index (χ1v) is 3.43. The fraction of sp³-hybridized carbons (Fsp3) is 0.625. The predicted molar refractivity (Wildman–Crippen MR) is 38.9 cm³/mol. The van der Waals surface area contributed by atoms with E-state index < -0.39 is 0 Å². The van der Waals surface area contributed by atoms with E-state index in [0.717, 1.165) is 6.42 Å². The Hall–Kier alpha value is -0.770. The van der Waals surface area contributed by atoms with Crippen molar-refractivity contribution in [1.29, 1.82) is 5.26 Å². The number of nitrogens with zero attached hydrogens (tertiary/aromatic N) is 1. The molecule has 0 rings (SSSR count). The van der Waals surface area contributed by atoms with Gasteiger partial charge < -0.3 is 0 Å². The third-order valence-electron chi connectivity index (χ3n) is 1.10. The standard InChI is InChI=1S/C8H13N/c1-2-3-4-5-6-7-8-9/h5-6H,2-4,7H2,1H3/b6-5+. The second-order valence-electron chi connectivity index (χ2n) is 1.98. The van der Waals surface area contributed by atoms with Crippen LogP contribution in [0.3, 0.4) is 0 Å².